The highest BCUT2D eigenvalue weighted by Crippen LogP contribution is 2.37. The van der Waals surface area contributed by atoms with Crippen LogP contribution in [0.1, 0.15) is 22.6 Å². The zero-order valence-corrected chi connectivity index (χ0v) is 16.4. The molecule has 0 radical (unpaired) electrons. The smallest absolute Gasteiger partial charge is 0.409 e. The third-order valence-corrected chi connectivity index (χ3v) is 5.21. The topological polar surface area (TPSA) is 32.8 Å². The van der Waals surface area contributed by atoms with Gasteiger partial charge in [-0.25, -0.2) is 4.79 Å². The van der Waals surface area contributed by atoms with Crippen molar-refractivity contribution in [3.8, 4) is 5.75 Å². The Hall–Kier alpha value is -1.85. The molecule has 2 aromatic rings. The Balaban J connectivity index is 2.05. The number of hydrogen-bond donors (Lipinski definition) is 0. The predicted octanol–water partition coefficient (Wildman–Crippen LogP) is 4.13. The van der Waals surface area contributed by atoms with E-state index in [2.05, 4.69) is 58.2 Å². The monoisotopic (exact) mass is 402 g/mol. The standard InChI is InChI=1S/C20H23BrN2O2/c1-22(2)20(24)25-19-12-16-15(11-18(19)21)9-10-23(3)13-17(16)14-7-5-4-6-8-14/h4-8,11-12,17H,9-10,13H2,1-3H3/t17-/m0/s1. The average Bonchev–Trinajstić information content (AvgIpc) is 2.75. The van der Waals surface area contributed by atoms with Gasteiger partial charge in [0.2, 0.25) is 0 Å². The fourth-order valence-corrected chi connectivity index (χ4v) is 3.67. The van der Waals surface area contributed by atoms with E-state index in [-0.39, 0.29) is 12.0 Å². The van der Waals surface area contributed by atoms with Gasteiger partial charge in [-0.15, -0.1) is 0 Å². The molecule has 0 unspecified atom stereocenters. The molecule has 3 rings (SSSR count). The van der Waals surface area contributed by atoms with Crippen LogP contribution in [0.3, 0.4) is 0 Å². The summed E-state index contributed by atoms with van der Waals surface area (Å²) < 4.78 is 6.37. The predicted molar refractivity (Wildman–Crippen MR) is 103 cm³/mol. The lowest BCUT2D eigenvalue weighted by atomic mass is 9.88. The largest absolute Gasteiger partial charge is 0.414 e. The Kier molecular flexibility index (Phi) is 5.45. The average molecular weight is 403 g/mol. The molecule has 0 saturated heterocycles. The molecule has 0 saturated carbocycles. The number of halogens is 1. The van der Waals surface area contributed by atoms with Crippen LogP contribution >= 0.6 is 15.9 Å². The minimum Gasteiger partial charge on any atom is -0.409 e. The third-order valence-electron chi connectivity index (χ3n) is 4.59. The molecule has 0 N–H and O–H groups in total. The zero-order valence-electron chi connectivity index (χ0n) is 14.8. The normalized spacial score (nSPS) is 17.5. The SMILES string of the molecule is CN1CCc2cc(Br)c(OC(=O)N(C)C)cc2[C@H](c2ccccc2)C1. The first-order chi connectivity index (χ1) is 12.0. The van der Waals surface area contributed by atoms with E-state index in [9.17, 15) is 4.79 Å². The molecule has 5 heteroatoms. The Morgan fingerprint density at radius 3 is 2.64 bits per heavy atom. The lowest BCUT2D eigenvalue weighted by Crippen LogP contribution is -2.25. The zero-order chi connectivity index (χ0) is 18.0. The molecule has 0 bridgehead atoms. The van der Waals surface area contributed by atoms with Crippen LogP contribution in [-0.2, 0) is 6.42 Å². The highest BCUT2D eigenvalue weighted by Gasteiger charge is 2.25. The van der Waals surface area contributed by atoms with E-state index >= 15 is 0 Å². The van der Waals surface area contributed by atoms with Gasteiger partial charge in [-0.3, -0.25) is 0 Å². The van der Waals surface area contributed by atoms with E-state index in [1.807, 2.05) is 12.1 Å². The molecular weight excluding hydrogens is 380 g/mol. The van der Waals surface area contributed by atoms with Gasteiger partial charge in [0.1, 0.15) is 5.75 Å². The summed E-state index contributed by atoms with van der Waals surface area (Å²) in [5, 5.41) is 0. The number of ether oxygens (including phenoxy) is 1. The summed E-state index contributed by atoms with van der Waals surface area (Å²) in [6, 6.07) is 14.6. The number of fused-ring (bicyclic) bond motifs is 1. The molecule has 1 amide bonds. The molecule has 1 aliphatic heterocycles. The quantitative estimate of drug-likeness (QED) is 0.756. The van der Waals surface area contributed by atoms with Crippen molar-refractivity contribution in [1.29, 1.82) is 0 Å². The van der Waals surface area contributed by atoms with Crippen molar-refractivity contribution in [3.05, 3.63) is 63.6 Å². The van der Waals surface area contributed by atoms with E-state index in [0.29, 0.717) is 5.75 Å². The van der Waals surface area contributed by atoms with Crippen LogP contribution in [0.15, 0.2) is 46.9 Å². The molecule has 1 atom stereocenters. The minimum absolute atomic E-state index is 0.258. The number of rotatable bonds is 2. The lowest BCUT2D eigenvalue weighted by molar-refractivity contribution is 0.171. The summed E-state index contributed by atoms with van der Waals surface area (Å²) in [5.74, 6) is 0.830. The molecule has 4 nitrogen and oxygen atoms in total. The molecular formula is C20H23BrN2O2. The summed E-state index contributed by atoms with van der Waals surface area (Å²) in [6.07, 6.45) is 0.609. The van der Waals surface area contributed by atoms with Crippen molar-refractivity contribution < 1.29 is 9.53 Å². The van der Waals surface area contributed by atoms with Gasteiger partial charge in [0.05, 0.1) is 4.47 Å². The molecule has 0 aliphatic carbocycles. The van der Waals surface area contributed by atoms with Gasteiger partial charge in [0.25, 0.3) is 0 Å². The fourth-order valence-electron chi connectivity index (χ4n) is 3.20. The number of benzene rings is 2. The maximum atomic E-state index is 12.0. The maximum absolute atomic E-state index is 12.0. The summed E-state index contributed by atoms with van der Waals surface area (Å²) in [6.45, 7) is 1.96. The van der Waals surface area contributed by atoms with Gasteiger partial charge in [0, 0.05) is 33.1 Å². The van der Waals surface area contributed by atoms with Crippen molar-refractivity contribution in [1.82, 2.24) is 9.80 Å². The Bertz CT molecular complexity index is 762. The first-order valence-corrected chi connectivity index (χ1v) is 9.20. The first kappa shape index (κ1) is 18.0. The van der Waals surface area contributed by atoms with Crippen LogP contribution in [0.2, 0.25) is 0 Å². The summed E-state index contributed by atoms with van der Waals surface area (Å²) in [5.41, 5.74) is 3.82. The lowest BCUT2D eigenvalue weighted by Gasteiger charge is -2.23. The van der Waals surface area contributed by atoms with Crippen molar-refractivity contribution in [2.45, 2.75) is 12.3 Å². The molecule has 132 valence electrons. The number of carbonyl (C=O) groups excluding carboxylic acids is 1. The van der Waals surface area contributed by atoms with Crippen molar-refractivity contribution in [3.63, 3.8) is 0 Å². The second-order valence-electron chi connectivity index (χ2n) is 6.72. The van der Waals surface area contributed by atoms with Crippen LogP contribution in [0, 0.1) is 0 Å². The highest BCUT2D eigenvalue weighted by atomic mass is 79.9. The third kappa shape index (κ3) is 4.05. The van der Waals surface area contributed by atoms with Crippen LogP contribution in [-0.4, -0.2) is 50.1 Å². The molecule has 1 heterocycles. The van der Waals surface area contributed by atoms with Gasteiger partial charge in [-0.2, -0.15) is 0 Å². The van der Waals surface area contributed by atoms with Crippen molar-refractivity contribution in [2.75, 3.05) is 34.2 Å². The summed E-state index contributed by atoms with van der Waals surface area (Å²) in [7, 11) is 5.52. The van der Waals surface area contributed by atoms with E-state index in [0.717, 1.165) is 24.0 Å². The minimum atomic E-state index is -0.373. The van der Waals surface area contributed by atoms with E-state index in [1.165, 1.54) is 21.6 Å². The maximum Gasteiger partial charge on any atom is 0.414 e. The molecule has 0 fully saturated rings. The van der Waals surface area contributed by atoms with Gasteiger partial charge in [0.15, 0.2) is 0 Å². The summed E-state index contributed by atoms with van der Waals surface area (Å²) in [4.78, 5) is 15.8. The van der Waals surface area contributed by atoms with Crippen LogP contribution in [0.25, 0.3) is 0 Å². The number of hydrogen-bond acceptors (Lipinski definition) is 3. The first-order valence-electron chi connectivity index (χ1n) is 8.40. The van der Waals surface area contributed by atoms with Crippen LogP contribution < -0.4 is 4.74 Å². The Labute approximate surface area is 157 Å². The van der Waals surface area contributed by atoms with E-state index in [4.69, 9.17) is 4.74 Å². The van der Waals surface area contributed by atoms with Gasteiger partial charge in [-0.1, -0.05) is 30.3 Å². The van der Waals surface area contributed by atoms with Gasteiger partial charge >= 0.3 is 6.09 Å². The van der Waals surface area contributed by atoms with Gasteiger partial charge in [-0.05, 0) is 58.2 Å². The van der Waals surface area contributed by atoms with Gasteiger partial charge < -0.3 is 14.5 Å². The Morgan fingerprint density at radius 2 is 1.96 bits per heavy atom. The molecule has 2 aromatic carbocycles. The molecule has 25 heavy (non-hydrogen) atoms. The van der Waals surface area contributed by atoms with Crippen LogP contribution in [0.5, 0.6) is 5.75 Å². The highest BCUT2D eigenvalue weighted by molar-refractivity contribution is 9.10. The second kappa shape index (κ2) is 7.58. The van der Waals surface area contributed by atoms with E-state index < -0.39 is 0 Å². The number of likely N-dealkylation sites (N-methyl/N-ethyl adjacent to an activating group) is 1. The second-order valence-corrected chi connectivity index (χ2v) is 7.57. The van der Waals surface area contributed by atoms with E-state index in [1.54, 1.807) is 14.1 Å². The number of carbonyl (C=O) groups is 1. The summed E-state index contributed by atoms with van der Waals surface area (Å²) >= 11 is 3.56. The van der Waals surface area contributed by atoms with Crippen molar-refractivity contribution >= 4 is 22.0 Å². The van der Waals surface area contributed by atoms with Crippen molar-refractivity contribution in [2.24, 2.45) is 0 Å². The van der Waals surface area contributed by atoms with Crippen LogP contribution in [0.4, 0.5) is 4.79 Å². The molecule has 1 aliphatic rings. The molecule has 0 aromatic heterocycles. The number of amides is 1. The molecule has 0 spiro atoms. The number of nitrogens with zero attached hydrogens (tertiary/aromatic N) is 2. The Morgan fingerprint density at radius 1 is 1.24 bits per heavy atom. The fraction of sp³-hybridized carbons (Fsp3) is 0.350.